The molecule has 4 nitrogen and oxygen atoms in total. The summed E-state index contributed by atoms with van der Waals surface area (Å²) in [6.07, 6.45) is 0. The first kappa shape index (κ1) is 9.33. The fourth-order valence-corrected chi connectivity index (χ4v) is 2.19. The SMILES string of the molecule is Nc1c(O)sc2cc(B(O)O)ccc12. The van der Waals surface area contributed by atoms with Crippen molar-refractivity contribution in [2.75, 3.05) is 5.73 Å². The van der Waals surface area contributed by atoms with Gasteiger partial charge >= 0.3 is 7.12 Å². The molecule has 72 valence electrons. The second kappa shape index (κ2) is 3.16. The van der Waals surface area contributed by atoms with Crippen LogP contribution in [0.2, 0.25) is 0 Å². The Bertz CT molecular complexity index is 483. The Kier molecular flexibility index (Phi) is 2.11. The first-order valence-electron chi connectivity index (χ1n) is 3.96. The lowest BCUT2D eigenvalue weighted by molar-refractivity contribution is 0.426. The van der Waals surface area contributed by atoms with Gasteiger partial charge in [-0.3, -0.25) is 0 Å². The van der Waals surface area contributed by atoms with Crippen molar-refractivity contribution in [3.8, 4) is 5.06 Å². The van der Waals surface area contributed by atoms with Crippen LogP contribution in [0.5, 0.6) is 5.06 Å². The highest BCUT2D eigenvalue weighted by molar-refractivity contribution is 7.21. The largest absolute Gasteiger partial charge is 0.498 e. The van der Waals surface area contributed by atoms with E-state index in [1.54, 1.807) is 18.2 Å². The van der Waals surface area contributed by atoms with E-state index in [-0.39, 0.29) is 5.06 Å². The van der Waals surface area contributed by atoms with Crippen molar-refractivity contribution >= 4 is 39.7 Å². The smallest absolute Gasteiger partial charge is 0.488 e. The minimum atomic E-state index is -1.50. The van der Waals surface area contributed by atoms with Crippen LogP contribution in [0.15, 0.2) is 18.2 Å². The van der Waals surface area contributed by atoms with E-state index < -0.39 is 7.12 Å². The minimum Gasteiger partial charge on any atom is -0.498 e. The lowest BCUT2D eigenvalue weighted by Crippen LogP contribution is -2.29. The van der Waals surface area contributed by atoms with Gasteiger partial charge in [0.2, 0.25) is 0 Å². The van der Waals surface area contributed by atoms with Crippen LogP contribution in [0, 0.1) is 0 Å². The van der Waals surface area contributed by atoms with Crippen molar-refractivity contribution in [3.05, 3.63) is 18.2 Å². The Morgan fingerprint density at radius 1 is 1.29 bits per heavy atom. The number of fused-ring (bicyclic) bond motifs is 1. The van der Waals surface area contributed by atoms with E-state index in [0.29, 0.717) is 11.2 Å². The summed E-state index contributed by atoms with van der Waals surface area (Å²) in [7, 11) is -1.50. The predicted molar refractivity (Wildman–Crippen MR) is 57.7 cm³/mol. The molecule has 0 unspecified atom stereocenters. The van der Waals surface area contributed by atoms with E-state index >= 15 is 0 Å². The molecule has 1 heterocycles. The molecule has 0 aliphatic carbocycles. The Hall–Kier alpha value is -1.24. The molecule has 6 heteroatoms. The molecule has 5 N–H and O–H groups in total. The maximum absolute atomic E-state index is 9.34. The van der Waals surface area contributed by atoms with Crippen LogP contribution in [0.1, 0.15) is 0 Å². The molecule has 2 aromatic rings. The number of anilines is 1. The molecule has 14 heavy (non-hydrogen) atoms. The molecule has 0 aliphatic rings. The van der Waals surface area contributed by atoms with Gasteiger partial charge in [0.15, 0.2) is 5.06 Å². The molecule has 1 aromatic heterocycles. The van der Waals surface area contributed by atoms with Gasteiger partial charge in [0.05, 0.1) is 5.69 Å². The number of nitrogens with two attached hydrogens (primary N) is 1. The number of hydrogen-bond acceptors (Lipinski definition) is 5. The molecule has 0 amide bonds. The normalized spacial score (nSPS) is 10.7. The van der Waals surface area contributed by atoms with Crippen LogP contribution in [0.25, 0.3) is 10.1 Å². The van der Waals surface area contributed by atoms with Gasteiger partial charge < -0.3 is 20.9 Å². The number of thiophene rings is 1. The maximum atomic E-state index is 9.34. The summed E-state index contributed by atoms with van der Waals surface area (Å²) < 4.78 is 0.741. The molecule has 1 aromatic carbocycles. The molecular weight excluding hydrogens is 201 g/mol. The van der Waals surface area contributed by atoms with E-state index in [9.17, 15) is 5.11 Å². The van der Waals surface area contributed by atoms with E-state index in [0.717, 1.165) is 21.4 Å². The van der Waals surface area contributed by atoms with E-state index in [4.69, 9.17) is 15.8 Å². The zero-order valence-electron chi connectivity index (χ0n) is 7.14. The highest BCUT2D eigenvalue weighted by Crippen LogP contribution is 2.38. The van der Waals surface area contributed by atoms with Crippen LogP contribution in [-0.4, -0.2) is 22.3 Å². The van der Waals surface area contributed by atoms with Gasteiger partial charge in [-0.05, 0) is 11.5 Å². The van der Waals surface area contributed by atoms with Gasteiger partial charge in [-0.1, -0.05) is 23.5 Å². The molecule has 0 spiro atoms. The summed E-state index contributed by atoms with van der Waals surface area (Å²) in [4.78, 5) is 0. The molecule has 0 atom stereocenters. The summed E-state index contributed by atoms with van der Waals surface area (Å²) in [5.41, 5.74) is 6.32. The lowest BCUT2D eigenvalue weighted by Gasteiger charge is -1.98. The van der Waals surface area contributed by atoms with Crippen LogP contribution in [0.4, 0.5) is 5.69 Å². The summed E-state index contributed by atoms with van der Waals surface area (Å²) in [6.45, 7) is 0. The third kappa shape index (κ3) is 1.33. The Labute approximate surface area is 84.4 Å². The van der Waals surface area contributed by atoms with Crippen molar-refractivity contribution in [3.63, 3.8) is 0 Å². The second-order valence-electron chi connectivity index (χ2n) is 2.95. The standard InChI is InChI=1S/C8H8BNO3S/c10-7-5-2-1-4(9(12)13)3-6(5)14-8(7)11/h1-3,11-13H,10H2. The lowest BCUT2D eigenvalue weighted by atomic mass is 9.80. The molecule has 0 saturated heterocycles. The highest BCUT2D eigenvalue weighted by Gasteiger charge is 2.14. The Morgan fingerprint density at radius 3 is 2.64 bits per heavy atom. The fraction of sp³-hybridized carbons (Fsp3) is 0. The van der Waals surface area contributed by atoms with Gasteiger partial charge in [0.25, 0.3) is 0 Å². The average molecular weight is 209 g/mol. The molecule has 2 rings (SSSR count). The maximum Gasteiger partial charge on any atom is 0.488 e. The van der Waals surface area contributed by atoms with E-state index in [1.165, 1.54) is 0 Å². The van der Waals surface area contributed by atoms with E-state index in [1.807, 2.05) is 0 Å². The van der Waals surface area contributed by atoms with Gasteiger partial charge in [0, 0.05) is 10.1 Å². The molecule has 0 bridgehead atoms. The third-order valence-electron chi connectivity index (χ3n) is 2.03. The van der Waals surface area contributed by atoms with Gasteiger partial charge in [-0.15, -0.1) is 0 Å². The summed E-state index contributed by atoms with van der Waals surface area (Å²) in [6, 6.07) is 4.83. The van der Waals surface area contributed by atoms with Crippen LogP contribution >= 0.6 is 11.3 Å². The van der Waals surface area contributed by atoms with Crippen molar-refractivity contribution < 1.29 is 15.2 Å². The third-order valence-corrected chi connectivity index (χ3v) is 3.00. The van der Waals surface area contributed by atoms with Crippen molar-refractivity contribution in [2.24, 2.45) is 0 Å². The number of benzene rings is 1. The minimum absolute atomic E-state index is 0.0598. The number of nitrogen functional groups attached to an aromatic ring is 1. The highest BCUT2D eigenvalue weighted by atomic mass is 32.1. The summed E-state index contributed by atoms with van der Waals surface area (Å²) in [5.74, 6) is 0. The Balaban J connectivity index is 2.67. The summed E-state index contributed by atoms with van der Waals surface area (Å²) >= 11 is 1.12. The zero-order valence-corrected chi connectivity index (χ0v) is 7.95. The molecule has 0 saturated carbocycles. The first-order valence-corrected chi connectivity index (χ1v) is 4.78. The van der Waals surface area contributed by atoms with Crippen molar-refractivity contribution in [1.29, 1.82) is 0 Å². The Morgan fingerprint density at radius 2 is 2.00 bits per heavy atom. The fourth-order valence-electron chi connectivity index (χ4n) is 1.28. The average Bonchev–Trinajstić information content (AvgIpc) is 2.42. The predicted octanol–water partition coefficient (Wildman–Crippen LogP) is -0.131. The van der Waals surface area contributed by atoms with Gasteiger partial charge in [-0.2, -0.15) is 0 Å². The molecular formula is C8H8BNO3S. The number of rotatable bonds is 1. The van der Waals surface area contributed by atoms with Crippen LogP contribution < -0.4 is 11.2 Å². The molecule has 0 aliphatic heterocycles. The van der Waals surface area contributed by atoms with Crippen LogP contribution in [-0.2, 0) is 0 Å². The zero-order chi connectivity index (χ0) is 10.3. The number of hydrogen-bond donors (Lipinski definition) is 4. The van der Waals surface area contributed by atoms with Gasteiger partial charge in [0.1, 0.15) is 0 Å². The molecule has 0 radical (unpaired) electrons. The van der Waals surface area contributed by atoms with Crippen LogP contribution in [0.3, 0.4) is 0 Å². The summed E-state index contributed by atoms with van der Waals surface area (Å²) in [5, 5.41) is 28.0. The molecule has 0 fully saturated rings. The van der Waals surface area contributed by atoms with Crippen molar-refractivity contribution in [2.45, 2.75) is 0 Å². The van der Waals surface area contributed by atoms with Gasteiger partial charge in [-0.25, -0.2) is 0 Å². The monoisotopic (exact) mass is 209 g/mol. The second-order valence-corrected chi connectivity index (χ2v) is 3.98. The topological polar surface area (TPSA) is 86.7 Å². The quantitative estimate of drug-likeness (QED) is 0.492. The first-order chi connectivity index (χ1) is 6.59. The van der Waals surface area contributed by atoms with E-state index in [2.05, 4.69) is 0 Å². The van der Waals surface area contributed by atoms with Crippen molar-refractivity contribution in [1.82, 2.24) is 0 Å². The number of aromatic hydroxyl groups is 1.